The molecule has 5 rings (SSSR count). The maximum absolute atomic E-state index is 12.5. The van der Waals surface area contributed by atoms with Crippen LogP contribution in [0.4, 0.5) is 0 Å². The summed E-state index contributed by atoms with van der Waals surface area (Å²) in [4.78, 5) is 10.6. The Hall–Kier alpha value is -2.61. The van der Waals surface area contributed by atoms with Gasteiger partial charge >= 0.3 is 0 Å². The Labute approximate surface area is 198 Å². The van der Waals surface area contributed by atoms with Gasteiger partial charge in [-0.3, -0.25) is 4.90 Å². The molecule has 0 aliphatic carbocycles. The van der Waals surface area contributed by atoms with Gasteiger partial charge in [0, 0.05) is 23.5 Å². The predicted octanol–water partition coefficient (Wildman–Crippen LogP) is 5.30. The summed E-state index contributed by atoms with van der Waals surface area (Å²) in [6.07, 6.45) is 4.11. The van der Waals surface area contributed by atoms with Crippen LogP contribution in [0.5, 0.6) is 5.75 Å². The Morgan fingerprint density at radius 2 is 1.97 bits per heavy atom. The number of rotatable bonds is 7. The van der Waals surface area contributed by atoms with Crippen LogP contribution in [0.25, 0.3) is 33.1 Å². The van der Waals surface area contributed by atoms with Crippen LogP contribution in [0.15, 0.2) is 53.6 Å². The molecule has 1 aliphatic heterocycles. The van der Waals surface area contributed by atoms with Crippen LogP contribution in [-0.2, 0) is 9.84 Å². The van der Waals surface area contributed by atoms with Crippen molar-refractivity contribution in [1.82, 2.24) is 14.9 Å². The second-order valence-electron chi connectivity index (χ2n) is 8.36. The zero-order valence-corrected chi connectivity index (χ0v) is 20.0. The highest BCUT2D eigenvalue weighted by Gasteiger charge is 2.19. The summed E-state index contributed by atoms with van der Waals surface area (Å²) in [6, 6.07) is 12.9. The number of H-pyrrole nitrogens is 1. The zero-order valence-electron chi connectivity index (χ0n) is 18.5. The van der Waals surface area contributed by atoms with Crippen molar-refractivity contribution in [3.05, 3.63) is 53.7 Å². The molecule has 2 aromatic heterocycles. The molecule has 0 radical (unpaired) electrons. The number of halogens is 1. The molecule has 1 fully saturated rings. The molecule has 0 spiro atoms. The molecule has 0 amide bonds. The Morgan fingerprint density at radius 3 is 2.76 bits per heavy atom. The third kappa shape index (κ3) is 4.33. The molecule has 0 atom stereocenters. The van der Waals surface area contributed by atoms with Gasteiger partial charge in [0.05, 0.1) is 21.2 Å². The Balaban J connectivity index is 1.62. The SMILES string of the molecule is CCS(=O)(=O)c1cccc(-c2ccc(OCCN3CCCC3)c3[nH]c4ncc(Cl)cc4c23)c1. The summed E-state index contributed by atoms with van der Waals surface area (Å²) >= 11 is 6.28. The maximum atomic E-state index is 12.5. The quantitative estimate of drug-likeness (QED) is 0.386. The highest BCUT2D eigenvalue weighted by molar-refractivity contribution is 7.91. The normalized spacial score (nSPS) is 15.0. The highest BCUT2D eigenvalue weighted by Crippen LogP contribution is 2.40. The molecule has 3 heterocycles. The van der Waals surface area contributed by atoms with Crippen LogP contribution in [-0.4, -0.2) is 55.3 Å². The van der Waals surface area contributed by atoms with Crippen molar-refractivity contribution in [2.75, 3.05) is 32.0 Å². The van der Waals surface area contributed by atoms with Gasteiger partial charge in [0.1, 0.15) is 18.0 Å². The van der Waals surface area contributed by atoms with Crippen LogP contribution in [0.2, 0.25) is 5.02 Å². The van der Waals surface area contributed by atoms with Crippen molar-refractivity contribution in [3.8, 4) is 16.9 Å². The van der Waals surface area contributed by atoms with E-state index in [1.807, 2.05) is 24.3 Å². The number of hydrogen-bond donors (Lipinski definition) is 1. The van der Waals surface area contributed by atoms with E-state index in [4.69, 9.17) is 16.3 Å². The minimum absolute atomic E-state index is 0.0578. The first-order chi connectivity index (χ1) is 16.0. The number of pyridine rings is 1. The van der Waals surface area contributed by atoms with Crippen molar-refractivity contribution < 1.29 is 13.2 Å². The van der Waals surface area contributed by atoms with Crippen molar-refractivity contribution in [2.24, 2.45) is 0 Å². The molecule has 0 saturated carbocycles. The minimum atomic E-state index is -3.32. The molecule has 1 saturated heterocycles. The summed E-state index contributed by atoms with van der Waals surface area (Å²) in [6.45, 7) is 5.40. The summed E-state index contributed by atoms with van der Waals surface area (Å²) in [5.74, 6) is 0.807. The summed E-state index contributed by atoms with van der Waals surface area (Å²) in [5, 5.41) is 2.34. The molecule has 4 aromatic rings. The summed E-state index contributed by atoms with van der Waals surface area (Å²) in [5.41, 5.74) is 3.27. The molecule has 172 valence electrons. The molecular formula is C25H26ClN3O3S. The number of ether oxygens (including phenoxy) is 1. The van der Waals surface area contributed by atoms with Crippen LogP contribution in [0.3, 0.4) is 0 Å². The third-order valence-corrected chi connectivity index (χ3v) is 8.22. The third-order valence-electron chi connectivity index (χ3n) is 6.28. The fraction of sp³-hybridized carbons (Fsp3) is 0.320. The molecule has 1 aliphatic rings. The van der Waals surface area contributed by atoms with Gasteiger partial charge in [-0.15, -0.1) is 0 Å². The average Bonchev–Trinajstić information content (AvgIpc) is 3.47. The fourth-order valence-electron chi connectivity index (χ4n) is 4.51. The number of likely N-dealkylation sites (tertiary alicyclic amines) is 1. The average molecular weight is 484 g/mol. The van der Waals surface area contributed by atoms with Gasteiger partial charge in [-0.2, -0.15) is 0 Å². The minimum Gasteiger partial charge on any atom is -0.490 e. The monoisotopic (exact) mass is 483 g/mol. The lowest BCUT2D eigenvalue weighted by molar-refractivity contribution is 0.239. The van der Waals surface area contributed by atoms with Gasteiger partial charge in [0.2, 0.25) is 0 Å². The van der Waals surface area contributed by atoms with Gasteiger partial charge in [-0.05, 0) is 67.4 Å². The molecule has 8 heteroatoms. The van der Waals surface area contributed by atoms with E-state index in [9.17, 15) is 8.42 Å². The lowest BCUT2D eigenvalue weighted by atomic mass is 9.99. The van der Waals surface area contributed by atoms with Crippen molar-refractivity contribution >= 4 is 43.4 Å². The van der Waals surface area contributed by atoms with Crippen LogP contribution in [0, 0.1) is 0 Å². The number of benzene rings is 2. The molecule has 1 N–H and O–H groups in total. The second-order valence-corrected chi connectivity index (χ2v) is 11.1. The number of nitrogens with one attached hydrogen (secondary N) is 1. The molecule has 0 unspecified atom stereocenters. The lowest BCUT2D eigenvalue weighted by Gasteiger charge is -2.16. The number of aromatic nitrogens is 2. The first-order valence-corrected chi connectivity index (χ1v) is 13.3. The summed E-state index contributed by atoms with van der Waals surface area (Å²) in [7, 11) is -3.32. The first-order valence-electron chi connectivity index (χ1n) is 11.2. The number of nitrogens with zero attached hydrogens (tertiary/aromatic N) is 2. The zero-order chi connectivity index (χ0) is 23.0. The van der Waals surface area contributed by atoms with Crippen LogP contribution >= 0.6 is 11.6 Å². The lowest BCUT2D eigenvalue weighted by Crippen LogP contribution is -2.25. The number of aromatic amines is 1. The van der Waals surface area contributed by atoms with Crippen molar-refractivity contribution in [2.45, 2.75) is 24.7 Å². The Morgan fingerprint density at radius 1 is 1.15 bits per heavy atom. The van der Waals surface area contributed by atoms with E-state index in [0.29, 0.717) is 22.2 Å². The van der Waals surface area contributed by atoms with Crippen molar-refractivity contribution in [3.63, 3.8) is 0 Å². The molecule has 0 bridgehead atoms. The Kier molecular flexibility index (Phi) is 6.03. The number of hydrogen-bond acceptors (Lipinski definition) is 5. The van der Waals surface area contributed by atoms with Gasteiger partial charge < -0.3 is 9.72 Å². The van der Waals surface area contributed by atoms with E-state index in [-0.39, 0.29) is 5.75 Å². The molecule has 6 nitrogen and oxygen atoms in total. The van der Waals surface area contributed by atoms with E-state index in [1.54, 1.807) is 31.3 Å². The van der Waals surface area contributed by atoms with E-state index in [2.05, 4.69) is 14.9 Å². The molecule has 33 heavy (non-hydrogen) atoms. The van der Waals surface area contributed by atoms with Crippen LogP contribution < -0.4 is 4.74 Å². The van der Waals surface area contributed by atoms with E-state index < -0.39 is 9.84 Å². The number of fused-ring (bicyclic) bond motifs is 3. The van der Waals surface area contributed by atoms with Gasteiger partial charge in [-0.1, -0.05) is 30.7 Å². The van der Waals surface area contributed by atoms with E-state index >= 15 is 0 Å². The van der Waals surface area contributed by atoms with Crippen LogP contribution in [0.1, 0.15) is 19.8 Å². The summed E-state index contributed by atoms with van der Waals surface area (Å²) < 4.78 is 31.2. The Bertz CT molecular complexity index is 1430. The van der Waals surface area contributed by atoms with Crippen molar-refractivity contribution in [1.29, 1.82) is 0 Å². The predicted molar refractivity (Wildman–Crippen MR) is 133 cm³/mol. The number of sulfone groups is 1. The fourth-order valence-corrected chi connectivity index (χ4v) is 5.59. The highest BCUT2D eigenvalue weighted by atomic mass is 35.5. The maximum Gasteiger partial charge on any atom is 0.178 e. The topological polar surface area (TPSA) is 75.3 Å². The molecule has 2 aromatic carbocycles. The largest absolute Gasteiger partial charge is 0.490 e. The van der Waals surface area contributed by atoms with E-state index in [1.165, 1.54) is 12.8 Å². The first kappa shape index (κ1) is 22.2. The second kappa shape index (κ2) is 8.97. The van der Waals surface area contributed by atoms with Gasteiger partial charge in [-0.25, -0.2) is 13.4 Å². The smallest absolute Gasteiger partial charge is 0.178 e. The van der Waals surface area contributed by atoms with Gasteiger partial charge in [0.15, 0.2) is 9.84 Å². The van der Waals surface area contributed by atoms with Gasteiger partial charge in [0.25, 0.3) is 0 Å². The van der Waals surface area contributed by atoms with E-state index in [0.717, 1.165) is 52.8 Å². The molecular weight excluding hydrogens is 458 g/mol. The standard InChI is InChI=1S/C25H26ClN3O3S/c1-2-33(30,31)19-7-5-6-17(14-19)20-8-9-22(32-13-12-29-10-3-4-11-29)24-23(20)21-15-18(26)16-27-25(21)28-24/h5-9,14-16H,2-4,10-13H2,1H3,(H,27,28).